The third-order valence-corrected chi connectivity index (χ3v) is 8.05. The monoisotopic (exact) mass is 846 g/mol. The van der Waals surface area contributed by atoms with Crippen LogP contribution < -0.4 is 0 Å². The molecule has 0 spiro atoms. The van der Waals surface area contributed by atoms with E-state index in [0.29, 0.717) is 0 Å². The molecule has 330 valence electrons. The molecule has 0 N–H and O–H groups in total. The molecule has 1 aliphatic rings. The average Bonchev–Trinajstić information content (AvgIpc) is 3.18. The molecule has 3 unspecified atom stereocenters. The van der Waals surface area contributed by atoms with Crippen LogP contribution in [-0.4, -0.2) is 112 Å². The first-order valence-corrected chi connectivity index (χ1v) is 18.5. The van der Waals surface area contributed by atoms with Crippen LogP contribution in [0.2, 0.25) is 0 Å². The first-order chi connectivity index (χ1) is 27.9. The predicted molar refractivity (Wildman–Crippen MR) is 209 cm³/mol. The van der Waals surface area contributed by atoms with Gasteiger partial charge in [0.05, 0.1) is 17.8 Å². The summed E-state index contributed by atoms with van der Waals surface area (Å²) in [7, 11) is 0. The van der Waals surface area contributed by atoms with E-state index in [2.05, 4.69) is 39.5 Å². The maximum Gasteiger partial charge on any atom is 0.333 e. The number of rotatable bonds is 24. The van der Waals surface area contributed by atoms with Crippen molar-refractivity contribution >= 4 is 53.7 Å². The Morgan fingerprint density at radius 1 is 0.350 bits per heavy atom. The van der Waals surface area contributed by atoms with Gasteiger partial charge in [0.25, 0.3) is 0 Å². The minimum absolute atomic E-state index is 0.00349. The summed E-state index contributed by atoms with van der Waals surface area (Å²) < 4.78 is 47.3. The first kappa shape index (κ1) is 51.7. The summed E-state index contributed by atoms with van der Waals surface area (Å²) in [6, 6.07) is 0. The van der Waals surface area contributed by atoms with Crippen molar-refractivity contribution < 1.29 is 85.8 Å². The van der Waals surface area contributed by atoms with Crippen molar-refractivity contribution in [2.24, 2.45) is 17.8 Å². The van der Waals surface area contributed by atoms with Crippen LogP contribution in [0, 0.1) is 17.8 Å². The van der Waals surface area contributed by atoms with Crippen molar-refractivity contribution in [2.45, 2.75) is 79.1 Å². The molecule has 0 amide bonds. The van der Waals surface area contributed by atoms with Crippen LogP contribution in [-0.2, 0) is 85.8 Å². The predicted octanol–water partition coefficient (Wildman–Crippen LogP) is 3.47. The average molecular weight is 847 g/mol. The van der Waals surface area contributed by atoms with Crippen LogP contribution in [0.5, 0.6) is 0 Å². The van der Waals surface area contributed by atoms with Gasteiger partial charge in [0.1, 0.15) is 39.6 Å². The highest BCUT2D eigenvalue weighted by molar-refractivity contribution is 5.89. The zero-order valence-electron chi connectivity index (χ0n) is 34.9. The van der Waals surface area contributed by atoms with E-state index in [-0.39, 0.29) is 52.7 Å². The Balaban J connectivity index is 3.36. The molecule has 18 heteroatoms. The van der Waals surface area contributed by atoms with E-state index >= 15 is 0 Å². The lowest BCUT2D eigenvalue weighted by molar-refractivity contribution is -0.172. The number of hydrogen-bond acceptors (Lipinski definition) is 18. The van der Waals surface area contributed by atoms with E-state index in [9.17, 15) is 43.2 Å². The molecule has 18 nitrogen and oxygen atoms in total. The Hall–Kier alpha value is -6.33. The SMILES string of the molecule is C=C(C)C(=O)OCC(COC(=O)C1CC(C(=O)OCC(COC(=O)C(=C)C)OC(=O)C(=C)C)CC(C(=O)OCC(COC(=O)C(=C)C)OC(=O)C(=C)C)C1)OC(=O)C(=C)C. The van der Waals surface area contributed by atoms with E-state index in [1.54, 1.807) is 0 Å². The van der Waals surface area contributed by atoms with Gasteiger partial charge in [0.15, 0.2) is 18.3 Å². The van der Waals surface area contributed by atoms with Crippen LogP contribution in [0.25, 0.3) is 0 Å². The van der Waals surface area contributed by atoms with Crippen LogP contribution in [0.3, 0.4) is 0 Å². The molecule has 0 heterocycles. The smallest absolute Gasteiger partial charge is 0.333 e. The highest BCUT2D eigenvalue weighted by Gasteiger charge is 2.42. The third kappa shape index (κ3) is 18.9. The molecule has 0 aromatic rings. The Bertz CT molecular complexity index is 1550. The van der Waals surface area contributed by atoms with Gasteiger partial charge in [-0.25, -0.2) is 28.8 Å². The highest BCUT2D eigenvalue weighted by Crippen LogP contribution is 2.36. The fourth-order valence-corrected chi connectivity index (χ4v) is 4.76. The third-order valence-electron chi connectivity index (χ3n) is 8.05. The summed E-state index contributed by atoms with van der Waals surface area (Å²) in [4.78, 5) is 114. The van der Waals surface area contributed by atoms with Gasteiger partial charge in [-0.05, 0) is 60.8 Å². The van der Waals surface area contributed by atoms with Gasteiger partial charge in [0, 0.05) is 33.4 Å². The number of hydrogen-bond donors (Lipinski definition) is 0. The van der Waals surface area contributed by atoms with Gasteiger partial charge in [-0.3, -0.25) is 14.4 Å². The minimum Gasteiger partial charge on any atom is -0.461 e. The second kappa shape index (κ2) is 25.2. The molecule has 0 radical (unpaired) electrons. The van der Waals surface area contributed by atoms with Crippen molar-refractivity contribution in [2.75, 3.05) is 39.6 Å². The molecule has 0 aliphatic heterocycles. The van der Waals surface area contributed by atoms with Crippen molar-refractivity contribution in [3.05, 3.63) is 72.9 Å². The lowest BCUT2D eigenvalue weighted by Crippen LogP contribution is -2.40. The van der Waals surface area contributed by atoms with E-state index in [1.165, 1.54) is 41.5 Å². The van der Waals surface area contributed by atoms with Crippen molar-refractivity contribution in [1.29, 1.82) is 0 Å². The second-order valence-corrected chi connectivity index (χ2v) is 14.2. The van der Waals surface area contributed by atoms with Crippen LogP contribution in [0.1, 0.15) is 60.8 Å². The molecule has 60 heavy (non-hydrogen) atoms. The summed E-state index contributed by atoms with van der Waals surface area (Å²) in [6.07, 6.45) is -4.54. The summed E-state index contributed by atoms with van der Waals surface area (Å²) in [5, 5.41) is 0. The topological polar surface area (TPSA) is 237 Å². The largest absolute Gasteiger partial charge is 0.461 e. The maximum absolute atomic E-state index is 13.6. The fourth-order valence-electron chi connectivity index (χ4n) is 4.76. The molecular formula is C42H54O18. The highest BCUT2D eigenvalue weighted by atomic mass is 16.6. The van der Waals surface area contributed by atoms with Gasteiger partial charge < -0.3 is 42.6 Å². The molecule has 3 atom stereocenters. The minimum atomic E-state index is -1.29. The number of esters is 9. The van der Waals surface area contributed by atoms with Gasteiger partial charge in [0.2, 0.25) is 0 Å². The van der Waals surface area contributed by atoms with Crippen molar-refractivity contribution in [1.82, 2.24) is 0 Å². The van der Waals surface area contributed by atoms with Crippen LogP contribution in [0.4, 0.5) is 0 Å². The van der Waals surface area contributed by atoms with Crippen LogP contribution in [0.15, 0.2) is 72.9 Å². The molecule has 1 aliphatic carbocycles. The molecule has 0 bridgehead atoms. The molecule has 0 aromatic carbocycles. The Labute approximate surface area is 348 Å². The van der Waals surface area contributed by atoms with E-state index < -0.39 is 129 Å². The molecule has 0 saturated heterocycles. The lowest BCUT2D eigenvalue weighted by atomic mass is 9.75. The molecular weight excluding hydrogens is 792 g/mol. The zero-order chi connectivity index (χ0) is 45.9. The first-order valence-electron chi connectivity index (χ1n) is 18.5. The second-order valence-electron chi connectivity index (χ2n) is 14.2. The Kier molecular flexibility index (Phi) is 21.7. The zero-order valence-corrected chi connectivity index (χ0v) is 34.9. The molecule has 1 fully saturated rings. The summed E-state index contributed by atoms with van der Waals surface area (Å²) in [5.41, 5.74) is 0.167. The van der Waals surface area contributed by atoms with E-state index in [0.717, 1.165) is 0 Å². The quantitative estimate of drug-likeness (QED) is 0.0768. The molecule has 1 saturated carbocycles. The Morgan fingerprint density at radius 2 is 0.533 bits per heavy atom. The maximum atomic E-state index is 13.6. The van der Waals surface area contributed by atoms with Gasteiger partial charge in [-0.2, -0.15) is 0 Å². The molecule has 1 rings (SSSR count). The van der Waals surface area contributed by atoms with Crippen LogP contribution >= 0.6 is 0 Å². The molecule has 0 aromatic heterocycles. The lowest BCUT2D eigenvalue weighted by Gasteiger charge is -2.32. The van der Waals surface area contributed by atoms with Crippen molar-refractivity contribution in [3.63, 3.8) is 0 Å². The van der Waals surface area contributed by atoms with Crippen molar-refractivity contribution in [3.8, 4) is 0 Å². The number of carbonyl (C=O) groups excluding carboxylic acids is 9. The Morgan fingerprint density at radius 3 is 0.717 bits per heavy atom. The van der Waals surface area contributed by atoms with Gasteiger partial charge >= 0.3 is 53.7 Å². The van der Waals surface area contributed by atoms with E-state index in [1.807, 2.05) is 0 Å². The number of carbonyl (C=O) groups is 9. The van der Waals surface area contributed by atoms with E-state index in [4.69, 9.17) is 42.6 Å². The summed E-state index contributed by atoms with van der Waals surface area (Å²) in [6.45, 7) is 25.8. The fraction of sp³-hybridized carbons (Fsp3) is 0.500. The summed E-state index contributed by atoms with van der Waals surface area (Å²) >= 11 is 0. The van der Waals surface area contributed by atoms with Gasteiger partial charge in [-0.1, -0.05) is 39.5 Å². The normalized spacial score (nSPS) is 17.0. The standard InChI is InChI=1S/C42H54O18/c1-22(2)34(43)52-16-31(58-37(46)25(7)8)19-55-40(49)28-13-29(41(50)56-20-32(59-38(47)26(9)10)17-53-35(44)23(3)4)15-30(14-28)42(51)57-21-33(60-39(48)27(11)12)18-54-36(45)24(5)6/h28-33H,1,3,5,7,9,11,13-21H2,2,4,6,8,10,12H3. The van der Waals surface area contributed by atoms with Gasteiger partial charge in [-0.15, -0.1) is 0 Å². The number of ether oxygens (including phenoxy) is 9. The summed E-state index contributed by atoms with van der Waals surface area (Å²) in [5.74, 6) is -11.3.